The highest BCUT2D eigenvalue weighted by molar-refractivity contribution is 5.77. The number of nitrogens with two attached hydrogens (primary N) is 1. The van der Waals surface area contributed by atoms with Crippen molar-refractivity contribution in [1.82, 2.24) is 9.88 Å². The van der Waals surface area contributed by atoms with E-state index in [1.807, 2.05) is 17.9 Å². The van der Waals surface area contributed by atoms with Crippen molar-refractivity contribution in [3.05, 3.63) is 17.8 Å². The van der Waals surface area contributed by atoms with E-state index in [1.165, 1.54) is 6.42 Å². The van der Waals surface area contributed by atoms with Crippen LogP contribution < -0.4 is 11.1 Å². The van der Waals surface area contributed by atoms with E-state index in [0.717, 1.165) is 31.5 Å². The molecule has 0 unspecified atom stereocenters. The number of amides is 1. The zero-order chi connectivity index (χ0) is 13.7. The van der Waals surface area contributed by atoms with E-state index >= 15 is 0 Å². The van der Waals surface area contributed by atoms with Crippen molar-refractivity contribution in [3.63, 3.8) is 0 Å². The van der Waals surface area contributed by atoms with Gasteiger partial charge in [0, 0.05) is 32.3 Å². The number of rotatable bonds is 4. The van der Waals surface area contributed by atoms with Crippen LogP contribution in [-0.4, -0.2) is 35.4 Å². The molecule has 1 aromatic heterocycles. The third kappa shape index (κ3) is 3.84. The Morgan fingerprint density at radius 2 is 2.16 bits per heavy atom. The number of nitrogen functional groups attached to an aromatic ring is 1. The third-order valence-electron chi connectivity index (χ3n) is 3.39. The van der Waals surface area contributed by atoms with E-state index in [2.05, 4.69) is 10.3 Å². The number of nitrogens with one attached hydrogen (secondary N) is 1. The number of pyridine rings is 1. The van der Waals surface area contributed by atoms with Crippen molar-refractivity contribution in [1.29, 1.82) is 0 Å². The summed E-state index contributed by atoms with van der Waals surface area (Å²) in [6.07, 6.45) is 5.77. The molecule has 0 radical (unpaired) electrons. The number of piperidine rings is 1. The van der Waals surface area contributed by atoms with Crippen LogP contribution in [0.4, 0.5) is 11.5 Å². The highest BCUT2D eigenvalue weighted by atomic mass is 16.2. The molecule has 1 aliphatic rings. The average Bonchev–Trinajstić information content (AvgIpc) is 2.42. The molecule has 1 aliphatic heterocycles. The standard InChI is InChI=1S/C14H22N4O/c1-11-9-12(15)14(17-10-11)16-6-5-13(19)18-7-3-2-4-8-18/h9-10H,2-8,15H2,1H3,(H,16,17). The fourth-order valence-electron chi connectivity index (χ4n) is 2.33. The maximum absolute atomic E-state index is 12.0. The second-order valence-corrected chi connectivity index (χ2v) is 5.07. The van der Waals surface area contributed by atoms with Gasteiger partial charge in [-0.25, -0.2) is 4.98 Å². The van der Waals surface area contributed by atoms with Gasteiger partial charge in [-0.2, -0.15) is 0 Å². The topological polar surface area (TPSA) is 71.2 Å². The summed E-state index contributed by atoms with van der Waals surface area (Å²) in [5.74, 6) is 0.884. The van der Waals surface area contributed by atoms with Gasteiger partial charge < -0.3 is 16.0 Å². The molecule has 0 spiro atoms. The minimum absolute atomic E-state index is 0.220. The molecule has 0 aliphatic carbocycles. The molecule has 5 heteroatoms. The van der Waals surface area contributed by atoms with E-state index in [0.29, 0.717) is 24.5 Å². The molecule has 0 atom stereocenters. The van der Waals surface area contributed by atoms with Gasteiger partial charge in [0.25, 0.3) is 0 Å². The summed E-state index contributed by atoms with van der Waals surface area (Å²) >= 11 is 0. The van der Waals surface area contributed by atoms with Crippen molar-refractivity contribution in [2.45, 2.75) is 32.6 Å². The van der Waals surface area contributed by atoms with E-state index in [4.69, 9.17) is 5.73 Å². The van der Waals surface area contributed by atoms with Gasteiger partial charge in [-0.3, -0.25) is 4.79 Å². The zero-order valence-electron chi connectivity index (χ0n) is 11.5. The minimum Gasteiger partial charge on any atom is -0.396 e. The van der Waals surface area contributed by atoms with Gasteiger partial charge in [0.15, 0.2) is 0 Å². The summed E-state index contributed by atoms with van der Waals surface area (Å²) in [4.78, 5) is 18.1. The lowest BCUT2D eigenvalue weighted by Crippen LogP contribution is -2.36. The number of carbonyl (C=O) groups is 1. The highest BCUT2D eigenvalue weighted by Crippen LogP contribution is 2.16. The van der Waals surface area contributed by atoms with Crippen molar-refractivity contribution in [2.24, 2.45) is 0 Å². The first-order valence-electron chi connectivity index (χ1n) is 6.90. The van der Waals surface area contributed by atoms with Gasteiger partial charge in [0.2, 0.25) is 5.91 Å². The van der Waals surface area contributed by atoms with E-state index in [1.54, 1.807) is 6.20 Å². The Hall–Kier alpha value is -1.78. The molecule has 0 bridgehead atoms. The van der Waals surface area contributed by atoms with Gasteiger partial charge >= 0.3 is 0 Å². The lowest BCUT2D eigenvalue weighted by Gasteiger charge is -2.26. The average molecular weight is 262 g/mol. The summed E-state index contributed by atoms with van der Waals surface area (Å²) in [5, 5.41) is 3.13. The van der Waals surface area contributed by atoms with Crippen LogP contribution in [0.3, 0.4) is 0 Å². The SMILES string of the molecule is Cc1cnc(NCCC(=O)N2CCCCC2)c(N)c1. The first kappa shape index (κ1) is 13.6. The van der Waals surface area contributed by atoms with Crippen molar-refractivity contribution >= 4 is 17.4 Å². The van der Waals surface area contributed by atoms with Gasteiger partial charge in [0.1, 0.15) is 5.82 Å². The van der Waals surface area contributed by atoms with Crippen LogP contribution in [-0.2, 0) is 4.79 Å². The fourth-order valence-corrected chi connectivity index (χ4v) is 2.33. The maximum atomic E-state index is 12.0. The van der Waals surface area contributed by atoms with E-state index in [9.17, 15) is 4.79 Å². The number of aromatic nitrogens is 1. The first-order chi connectivity index (χ1) is 9.16. The first-order valence-corrected chi connectivity index (χ1v) is 6.90. The molecule has 0 aromatic carbocycles. The number of carbonyl (C=O) groups excluding carboxylic acids is 1. The van der Waals surface area contributed by atoms with Gasteiger partial charge in [-0.15, -0.1) is 0 Å². The molecule has 1 amide bonds. The Labute approximate surface area is 114 Å². The summed E-state index contributed by atoms with van der Waals surface area (Å²) < 4.78 is 0. The fraction of sp³-hybridized carbons (Fsp3) is 0.571. The molecule has 1 saturated heterocycles. The third-order valence-corrected chi connectivity index (χ3v) is 3.39. The lowest BCUT2D eigenvalue weighted by molar-refractivity contribution is -0.131. The van der Waals surface area contributed by atoms with Crippen LogP contribution in [0.5, 0.6) is 0 Å². The Kier molecular flexibility index (Phi) is 4.60. The Bertz CT molecular complexity index is 441. The number of likely N-dealkylation sites (tertiary alicyclic amines) is 1. The number of nitrogens with zero attached hydrogens (tertiary/aromatic N) is 2. The molecule has 2 rings (SSSR count). The van der Waals surface area contributed by atoms with Gasteiger partial charge in [0.05, 0.1) is 5.69 Å². The maximum Gasteiger partial charge on any atom is 0.224 e. The summed E-state index contributed by atoms with van der Waals surface area (Å²) in [6, 6.07) is 1.88. The largest absolute Gasteiger partial charge is 0.396 e. The van der Waals surface area contributed by atoms with Crippen molar-refractivity contribution in [3.8, 4) is 0 Å². The van der Waals surface area contributed by atoms with Gasteiger partial charge in [-0.05, 0) is 37.8 Å². The predicted molar refractivity (Wildman–Crippen MR) is 76.9 cm³/mol. The molecule has 3 N–H and O–H groups in total. The summed E-state index contributed by atoms with van der Waals surface area (Å²) in [6.45, 7) is 4.34. The molecule has 1 aromatic rings. The van der Waals surface area contributed by atoms with Crippen LogP contribution >= 0.6 is 0 Å². The van der Waals surface area contributed by atoms with Crippen LogP contribution in [0.1, 0.15) is 31.2 Å². The van der Waals surface area contributed by atoms with Crippen LogP contribution in [0.25, 0.3) is 0 Å². The minimum atomic E-state index is 0.220. The molecule has 5 nitrogen and oxygen atoms in total. The second kappa shape index (κ2) is 6.41. The highest BCUT2D eigenvalue weighted by Gasteiger charge is 2.15. The molecular formula is C14H22N4O. The normalized spacial score (nSPS) is 15.3. The molecule has 104 valence electrons. The summed E-state index contributed by atoms with van der Waals surface area (Å²) in [7, 11) is 0. The van der Waals surface area contributed by atoms with E-state index in [-0.39, 0.29) is 5.91 Å². The smallest absolute Gasteiger partial charge is 0.224 e. The number of hydrogen-bond acceptors (Lipinski definition) is 4. The number of anilines is 2. The van der Waals surface area contributed by atoms with Crippen molar-refractivity contribution < 1.29 is 4.79 Å². The molecule has 19 heavy (non-hydrogen) atoms. The van der Waals surface area contributed by atoms with Crippen LogP contribution in [0.2, 0.25) is 0 Å². The second-order valence-electron chi connectivity index (χ2n) is 5.07. The quantitative estimate of drug-likeness (QED) is 0.867. The zero-order valence-corrected chi connectivity index (χ0v) is 11.5. The molecule has 1 fully saturated rings. The molecule has 2 heterocycles. The lowest BCUT2D eigenvalue weighted by atomic mass is 10.1. The number of aryl methyl sites for hydroxylation is 1. The molecule has 0 saturated carbocycles. The monoisotopic (exact) mass is 262 g/mol. The van der Waals surface area contributed by atoms with Crippen molar-refractivity contribution in [2.75, 3.05) is 30.7 Å². The Balaban J connectivity index is 1.78. The van der Waals surface area contributed by atoms with Crippen LogP contribution in [0.15, 0.2) is 12.3 Å². The van der Waals surface area contributed by atoms with Gasteiger partial charge in [-0.1, -0.05) is 0 Å². The predicted octanol–water partition coefficient (Wildman–Crippen LogP) is 1.79. The van der Waals surface area contributed by atoms with Crippen LogP contribution in [0, 0.1) is 6.92 Å². The Morgan fingerprint density at radius 3 is 2.84 bits per heavy atom. The van der Waals surface area contributed by atoms with E-state index < -0.39 is 0 Å². The summed E-state index contributed by atoms with van der Waals surface area (Å²) in [5.41, 5.74) is 7.53. The number of hydrogen-bond donors (Lipinski definition) is 2. The Morgan fingerprint density at radius 1 is 1.42 bits per heavy atom. The molecular weight excluding hydrogens is 240 g/mol.